The van der Waals surface area contributed by atoms with Gasteiger partial charge in [-0.05, 0) is 31.2 Å². The number of hydrogen-bond acceptors (Lipinski definition) is 2. The number of benzene rings is 2. The quantitative estimate of drug-likeness (QED) is 0.861. The molecule has 1 N–H and O–H groups in total. The Kier molecular flexibility index (Phi) is 3.29. The number of urea groups is 1. The van der Waals surface area contributed by atoms with Gasteiger partial charge in [-0.2, -0.15) is 0 Å². The maximum atomic E-state index is 12.4. The zero-order valence-electron chi connectivity index (χ0n) is 11.3. The van der Waals surface area contributed by atoms with Gasteiger partial charge in [0.05, 0.1) is 12.2 Å². The maximum absolute atomic E-state index is 12.4. The highest BCUT2D eigenvalue weighted by Crippen LogP contribution is 2.31. The SMILES string of the molecule is Cc1ccc(NC(=O)N2CCOc3ccccc32)cc1. The molecule has 4 heteroatoms. The van der Waals surface area contributed by atoms with Gasteiger partial charge in [-0.1, -0.05) is 29.8 Å². The molecule has 4 nitrogen and oxygen atoms in total. The Balaban J connectivity index is 1.80. The summed E-state index contributed by atoms with van der Waals surface area (Å²) in [6.45, 7) is 3.08. The third-order valence-corrected chi connectivity index (χ3v) is 3.28. The highest BCUT2D eigenvalue weighted by Gasteiger charge is 2.23. The lowest BCUT2D eigenvalue weighted by Gasteiger charge is -2.29. The van der Waals surface area contributed by atoms with Crippen LogP contribution in [-0.4, -0.2) is 19.2 Å². The van der Waals surface area contributed by atoms with Crippen molar-refractivity contribution in [2.45, 2.75) is 6.92 Å². The van der Waals surface area contributed by atoms with E-state index >= 15 is 0 Å². The fourth-order valence-electron chi connectivity index (χ4n) is 2.21. The molecule has 0 unspecified atom stereocenters. The lowest BCUT2D eigenvalue weighted by Crippen LogP contribution is -2.40. The molecule has 0 aliphatic carbocycles. The summed E-state index contributed by atoms with van der Waals surface area (Å²) in [6, 6.07) is 15.2. The minimum Gasteiger partial charge on any atom is -0.490 e. The minimum atomic E-state index is -0.135. The normalized spacial score (nSPS) is 13.3. The zero-order chi connectivity index (χ0) is 13.9. The van der Waals surface area contributed by atoms with E-state index in [9.17, 15) is 4.79 Å². The highest BCUT2D eigenvalue weighted by molar-refractivity contribution is 6.02. The number of anilines is 2. The summed E-state index contributed by atoms with van der Waals surface area (Å²) in [4.78, 5) is 14.1. The third-order valence-electron chi connectivity index (χ3n) is 3.28. The molecule has 1 aliphatic heterocycles. The second-order valence-corrected chi connectivity index (χ2v) is 4.76. The summed E-state index contributed by atoms with van der Waals surface area (Å²) in [7, 11) is 0. The fraction of sp³-hybridized carbons (Fsp3) is 0.188. The number of hydrogen-bond donors (Lipinski definition) is 1. The van der Waals surface area contributed by atoms with E-state index in [1.165, 1.54) is 5.56 Å². The van der Waals surface area contributed by atoms with Gasteiger partial charge < -0.3 is 10.1 Å². The molecule has 0 radical (unpaired) electrons. The Bertz CT molecular complexity index is 623. The average Bonchev–Trinajstić information content (AvgIpc) is 2.49. The van der Waals surface area contributed by atoms with Crippen LogP contribution in [0.5, 0.6) is 5.75 Å². The molecule has 20 heavy (non-hydrogen) atoms. The molecular weight excluding hydrogens is 252 g/mol. The van der Waals surface area contributed by atoms with Crippen molar-refractivity contribution in [3.05, 3.63) is 54.1 Å². The molecular formula is C16H16N2O2. The van der Waals surface area contributed by atoms with Gasteiger partial charge >= 0.3 is 6.03 Å². The second-order valence-electron chi connectivity index (χ2n) is 4.76. The van der Waals surface area contributed by atoms with Crippen LogP contribution in [0.25, 0.3) is 0 Å². The van der Waals surface area contributed by atoms with E-state index in [2.05, 4.69) is 5.32 Å². The molecule has 2 aromatic carbocycles. The Hall–Kier alpha value is -2.49. The Labute approximate surface area is 118 Å². The maximum Gasteiger partial charge on any atom is 0.326 e. The first-order valence-corrected chi connectivity index (χ1v) is 6.61. The van der Waals surface area contributed by atoms with E-state index in [-0.39, 0.29) is 6.03 Å². The van der Waals surface area contributed by atoms with Gasteiger partial charge in [-0.15, -0.1) is 0 Å². The van der Waals surface area contributed by atoms with Crippen molar-refractivity contribution in [1.82, 2.24) is 0 Å². The van der Waals surface area contributed by atoms with E-state index in [1.807, 2.05) is 55.5 Å². The van der Waals surface area contributed by atoms with Gasteiger partial charge in [0.15, 0.2) is 0 Å². The molecule has 3 rings (SSSR count). The van der Waals surface area contributed by atoms with Crippen LogP contribution in [0, 0.1) is 6.92 Å². The van der Waals surface area contributed by atoms with E-state index < -0.39 is 0 Å². The van der Waals surface area contributed by atoms with Gasteiger partial charge in [0.1, 0.15) is 12.4 Å². The lowest BCUT2D eigenvalue weighted by molar-refractivity contribution is 0.250. The van der Waals surface area contributed by atoms with Crippen LogP contribution in [0.4, 0.5) is 16.2 Å². The summed E-state index contributed by atoms with van der Waals surface area (Å²) in [5.41, 5.74) is 2.77. The molecule has 1 heterocycles. The number of nitrogens with zero attached hydrogens (tertiary/aromatic N) is 1. The van der Waals surface area contributed by atoms with Crippen molar-refractivity contribution in [3.8, 4) is 5.75 Å². The predicted octanol–water partition coefficient (Wildman–Crippen LogP) is 3.43. The van der Waals surface area contributed by atoms with Gasteiger partial charge in [0.2, 0.25) is 0 Å². The number of fused-ring (bicyclic) bond motifs is 1. The molecule has 102 valence electrons. The van der Waals surface area contributed by atoms with Crippen LogP contribution in [0.3, 0.4) is 0 Å². The number of para-hydroxylation sites is 2. The lowest BCUT2D eigenvalue weighted by atomic mass is 10.2. The van der Waals surface area contributed by atoms with Crippen LogP contribution >= 0.6 is 0 Å². The van der Waals surface area contributed by atoms with Crippen molar-refractivity contribution >= 4 is 17.4 Å². The van der Waals surface area contributed by atoms with Crippen LogP contribution in [0.1, 0.15) is 5.56 Å². The van der Waals surface area contributed by atoms with Crippen molar-refractivity contribution in [2.75, 3.05) is 23.4 Å². The number of carbonyl (C=O) groups excluding carboxylic acids is 1. The minimum absolute atomic E-state index is 0.135. The smallest absolute Gasteiger partial charge is 0.326 e. The summed E-state index contributed by atoms with van der Waals surface area (Å²) >= 11 is 0. The van der Waals surface area contributed by atoms with Gasteiger partial charge in [0, 0.05) is 5.69 Å². The fourth-order valence-corrected chi connectivity index (χ4v) is 2.21. The van der Waals surface area contributed by atoms with Crippen LogP contribution in [-0.2, 0) is 0 Å². The summed E-state index contributed by atoms with van der Waals surface area (Å²) < 4.78 is 5.55. The second kappa shape index (κ2) is 5.25. The number of rotatable bonds is 1. The largest absolute Gasteiger partial charge is 0.490 e. The topological polar surface area (TPSA) is 41.6 Å². The van der Waals surface area contributed by atoms with Gasteiger partial charge in [0.25, 0.3) is 0 Å². The summed E-state index contributed by atoms with van der Waals surface area (Å²) in [6.07, 6.45) is 0. The van der Waals surface area contributed by atoms with Crippen molar-refractivity contribution in [3.63, 3.8) is 0 Å². The standard InChI is InChI=1S/C16H16N2O2/c1-12-6-8-13(9-7-12)17-16(19)18-10-11-20-15-5-3-2-4-14(15)18/h2-9H,10-11H2,1H3,(H,17,19). The van der Waals surface area contributed by atoms with Gasteiger partial charge in [-0.25, -0.2) is 4.79 Å². The number of aryl methyl sites for hydroxylation is 1. The van der Waals surface area contributed by atoms with Gasteiger partial charge in [-0.3, -0.25) is 4.90 Å². The van der Waals surface area contributed by atoms with Crippen LogP contribution < -0.4 is 15.0 Å². The molecule has 0 aromatic heterocycles. The molecule has 0 saturated heterocycles. The molecule has 2 amide bonds. The molecule has 1 aliphatic rings. The first kappa shape index (κ1) is 12.5. The number of carbonyl (C=O) groups is 1. The molecule has 2 aromatic rings. The van der Waals surface area contributed by atoms with Crippen molar-refractivity contribution < 1.29 is 9.53 Å². The molecule has 0 saturated carbocycles. The number of amides is 2. The monoisotopic (exact) mass is 268 g/mol. The van der Waals surface area contributed by atoms with Crippen molar-refractivity contribution in [1.29, 1.82) is 0 Å². The molecule has 0 bridgehead atoms. The van der Waals surface area contributed by atoms with E-state index in [4.69, 9.17) is 4.74 Å². The molecule has 0 spiro atoms. The zero-order valence-corrected chi connectivity index (χ0v) is 11.3. The average molecular weight is 268 g/mol. The Morgan fingerprint density at radius 1 is 1.15 bits per heavy atom. The Morgan fingerprint density at radius 3 is 2.70 bits per heavy atom. The van der Waals surface area contributed by atoms with E-state index in [0.29, 0.717) is 13.2 Å². The first-order valence-electron chi connectivity index (χ1n) is 6.61. The third kappa shape index (κ3) is 2.45. The Morgan fingerprint density at radius 2 is 1.90 bits per heavy atom. The van der Waals surface area contributed by atoms with Crippen molar-refractivity contribution in [2.24, 2.45) is 0 Å². The highest BCUT2D eigenvalue weighted by atomic mass is 16.5. The van der Waals surface area contributed by atoms with E-state index in [1.54, 1.807) is 4.90 Å². The summed E-state index contributed by atoms with van der Waals surface area (Å²) in [5.74, 6) is 0.748. The molecule has 0 fully saturated rings. The predicted molar refractivity (Wildman–Crippen MR) is 79.5 cm³/mol. The van der Waals surface area contributed by atoms with E-state index in [0.717, 1.165) is 17.1 Å². The number of ether oxygens (including phenoxy) is 1. The number of nitrogens with one attached hydrogen (secondary N) is 1. The summed E-state index contributed by atoms with van der Waals surface area (Å²) in [5, 5.41) is 2.91. The molecule has 0 atom stereocenters. The van der Waals surface area contributed by atoms with Crippen LogP contribution in [0.2, 0.25) is 0 Å². The van der Waals surface area contributed by atoms with Crippen LogP contribution in [0.15, 0.2) is 48.5 Å². The first-order chi connectivity index (χ1) is 9.74.